The summed E-state index contributed by atoms with van der Waals surface area (Å²) in [6, 6.07) is 0. The number of amides is 1. The number of ether oxygens (including phenoxy) is 1. The minimum atomic E-state index is 0.208. The van der Waals surface area contributed by atoms with Crippen molar-refractivity contribution in [3.05, 3.63) is 0 Å². The van der Waals surface area contributed by atoms with E-state index in [0.29, 0.717) is 18.9 Å². The molecule has 0 aromatic rings. The van der Waals surface area contributed by atoms with Crippen molar-refractivity contribution in [2.24, 2.45) is 5.92 Å². The first kappa shape index (κ1) is 14.5. The minimum Gasteiger partial charge on any atom is -0.381 e. The maximum absolute atomic E-state index is 11.8. The molecule has 0 unspecified atom stereocenters. The predicted octanol–water partition coefficient (Wildman–Crippen LogP) is 1.26. The second kappa shape index (κ2) is 8.48. The average molecular weight is 242 g/mol. The molecule has 1 rings (SSSR count). The molecular formula is C13H26N2O2. The van der Waals surface area contributed by atoms with E-state index in [1.807, 2.05) is 11.9 Å². The Kier molecular flexibility index (Phi) is 7.21. The summed E-state index contributed by atoms with van der Waals surface area (Å²) in [7, 11) is 1.91. The molecule has 1 fully saturated rings. The molecule has 100 valence electrons. The van der Waals surface area contributed by atoms with E-state index in [-0.39, 0.29) is 5.91 Å². The van der Waals surface area contributed by atoms with Crippen LogP contribution >= 0.6 is 0 Å². The third kappa shape index (κ3) is 6.03. The molecule has 4 heteroatoms. The first-order valence-corrected chi connectivity index (χ1v) is 6.76. The van der Waals surface area contributed by atoms with Crippen LogP contribution in [0.3, 0.4) is 0 Å². The molecule has 0 bridgehead atoms. The van der Waals surface area contributed by atoms with Crippen LogP contribution in [-0.2, 0) is 9.53 Å². The van der Waals surface area contributed by atoms with Crippen LogP contribution in [0.25, 0.3) is 0 Å². The van der Waals surface area contributed by atoms with E-state index < -0.39 is 0 Å². The van der Waals surface area contributed by atoms with E-state index in [0.717, 1.165) is 32.7 Å². The SMILES string of the molecule is CCCOCCC(=O)N(C)CC1CCNCC1. The number of carbonyl (C=O) groups is 1. The number of rotatable bonds is 7. The van der Waals surface area contributed by atoms with Gasteiger partial charge >= 0.3 is 0 Å². The van der Waals surface area contributed by atoms with Gasteiger partial charge in [-0.05, 0) is 38.3 Å². The van der Waals surface area contributed by atoms with Gasteiger partial charge in [-0.2, -0.15) is 0 Å². The third-order valence-corrected chi connectivity index (χ3v) is 3.23. The van der Waals surface area contributed by atoms with Crippen molar-refractivity contribution >= 4 is 5.91 Å². The summed E-state index contributed by atoms with van der Waals surface area (Å²) in [4.78, 5) is 13.7. The standard InChI is InChI=1S/C13H26N2O2/c1-3-9-17-10-6-13(16)15(2)11-12-4-7-14-8-5-12/h12,14H,3-11H2,1-2H3. The van der Waals surface area contributed by atoms with Gasteiger partial charge in [-0.3, -0.25) is 4.79 Å². The maximum Gasteiger partial charge on any atom is 0.224 e. The third-order valence-electron chi connectivity index (χ3n) is 3.23. The molecule has 1 amide bonds. The maximum atomic E-state index is 11.8. The van der Waals surface area contributed by atoms with Gasteiger partial charge < -0.3 is 15.0 Å². The lowest BCUT2D eigenvalue weighted by atomic mass is 9.97. The molecule has 0 radical (unpaired) electrons. The van der Waals surface area contributed by atoms with Gasteiger partial charge in [0, 0.05) is 20.2 Å². The first-order chi connectivity index (χ1) is 8.24. The lowest BCUT2D eigenvalue weighted by Crippen LogP contribution is -2.37. The van der Waals surface area contributed by atoms with Crippen molar-refractivity contribution < 1.29 is 9.53 Å². The highest BCUT2D eigenvalue weighted by Crippen LogP contribution is 2.13. The number of hydrogen-bond donors (Lipinski definition) is 1. The molecule has 0 atom stereocenters. The summed E-state index contributed by atoms with van der Waals surface area (Å²) in [6.07, 6.45) is 3.90. The normalized spacial score (nSPS) is 17.1. The summed E-state index contributed by atoms with van der Waals surface area (Å²) < 4.78 is 5.34. The topological polar surface area (TPSA) is 41.6 Å². The summed E-state index contributed by atoms with van der Waals surface area (Å²) in [5.41, 5.74) is 0. The molecule has 0 aromatic heterocycles. The molecule has 1 N–H and O–H groups in total. The number of piperidine rings is 1. The van der Waals surface area contributed by atoms with E-state index >= 15 is 0 Å². The van der Waals surface area contributed by atoms with Crippen molar-refractivity contribution in [2.45, 2.75) is 32.6 Å². The Morgan fingerprint density at radius 1 is 1.35 bits per heavy atom. The smallest absolute Gasteiger partial charge is 0.224 e. The summed E-state index contributed by atoms with van der Waals surface area (Å²) in [5, 5.41) is 3.34. The lowest BCUT2D eigenvalue weighted by molar-refractivity contribution is -0.131. The number of carbonyl (C=O) groups excluding carboxylic acids is 1. The van der Waals surface area contributed by atoms with Gasteiger partial charge in [-0.1, -0.05) is 6.92 Å². The second-order valence-electron chi connectivity index (χ2n) is 4.83. The van der Waals surface area contributed by atoms with Crippen LogP contribution < -0.4 is 5.32 Å². The van der Waals surface area contributed by atoms with E-state index in [1.165, 1.54) is 12.8 Å². The Bertz CT molecular complexity index is 215. The molecule has 4 nitrogen and oxygen atoms in total. The van der Waals surface area contributed by atoms with Gasteiger partial charge in [0.1, 0.15) is 0 Å². The zero-order chi connectivity index (χ0) is 12.5. The fraction of sp³-hybridized carbons (Fsp3) is 0.923. The van der Waals surface area contributed by atoms with E-state index in [9.17, 15) is 4.79 Å². The van der Waals surface area contributed by atoms with E-state index in [1.54, 1.807) is 0 Å². The number of nitrogens with one attached hydrogen (secondary N) is 1. The molecule has 0 spiro atoms. The van der Waals surface area contributed by atoms with Gasteiger partial charge in [0.25, 0.3) is 0 Å². The molecule has 1 heterocycles. The number of nitrogens with zero attached hydrogens (tertiary/aromatic N) is 1. The Balaban J connectivity index is 2.12. The number of hydrogen-bond acceptors (Lipinski definition) is 3. The fourth-order valence-electron chi connectivity index (χ4n) is 2.15. The van der Waals surface area contributed by atoms with Crippen LogP contribution in [-0.4, -0.2) is 50.7 Å². The van der Waals surface area contributed by atoms with Crippen LogP contribution in [0.15, 0.2) is 0 Å². The van der Waals surface area contributed by atoms with Crippen LogP contribution in [0.1, 0.15) is 32.6 Å². The van der Waals surface area contributed by atoms with Gasteiger partial charge in [0.15, 0.2) is 0 Å². The Morgan fingerprint density at radius 2 is 2.06 bits per heavy atom. The Morgan fingerprint density at radius 3 is 2.71 bits per heavy atom. The van der Waals surface area contributed by atoms with Gasteiger partial charge in [0.2, 0.25) is 5.91 Å². The van der Waals surface area contributed by atoms with E-state index in [4.69, 9.17) is 4.74 Å². The molecular weight excluding hydrogens is 216 g/mol. The van der Waals surface area contributed by atoms with Crippen molar-refractivity contribution in [1.29, 1.82) is 0 Å². The molecule has 17 heavy (non-hydrogen) atoms. The molecule has 1 aliphatic heterocycles. The Hall–Kier alpha value is -0.610. The van der Waals surface area contributed by atoms with Crippen molar-refractivity contribution in [3.63, 3.8) is 0 Å². The monoisotopic (exact) mass is 242 g/mol. The van der Waals surface area contributed by atoms with Crippen LogP contribution in [0.5, 0.6) is 0 Å². The van der Waals surface area contributed by atoms with Gasteiger partial charge in [-0.15, -0.1) is 0 Å². The van der Waals surface area contributed by atoms with Crippen LogP contribution in [0.4, 0.5) is 0 Å². The van der Waals surface area contributed by atoms with Crippen molar-refractivity contribution in [1.82, 2.24) is 10.2 Å². The molecule has 1 saturated heterocycles. The fourth-order valence-corrected chi connectivity index (χ4v) is 2.15. The quantitative estimate of drug-likeness (QED) is 0.683. The lowest BCUT2D eigenvalue weighted by Gasteiger charge is -2.27. The van der Waals surface area contributed by atoms with Crippen molar-refractivity contribution in [2.75, 3.05) is 39.9 Å². The summed E-state index contributed by atoms with van der Waals surface area (Å²) >= 11 is 0. The van der Waals surface area contributed by atoms with Crippen LogP contribution in [0.2, 0.25) is 0 Å². The highest BCUT2D eigenvalue weighted by molar-refractivity contribution is 5.75. The molecule has 1 aliphatic rings. The average Bonchev–Trinajstić information content (AvgIpc) is 2.35. The zero-order valence-corrected chi connectivity index (χ0v) is 11.2. The van der Waals surface area contributed by atoms with Gasteiger partial charge in [-0.25, -0.2) is 0 Å². The minimum absolute atomic E-state index is 0.208. The van der Waals surface area contributed by atoms with E-state index in [2.05, 4.69) is 12.2 Å². The highest BCUT2D eigenvalue weighted by Gasteiger charge is 2.17. The van der Waals surface area contributed by atoms with Crippen LogP contribution in [0, 0.1) is 5.92 Å². The molecule has 0 aromatic carbocycles. The first-order valence-electron chi connectivity index (χ1n) is 6.76. The zero-order valence-electron chi connectivity index (χ0n) is 11.2. The largest absolute Gasteiger partial charge is 0.381 e. The highest BCUT2D eigenvalue weighted by atomic mass is 16.5. The summed E-state index contributed by atoms with van der Waals surface area (Å²) in [6.45, 7) is 6.46. The molecule has 0 saturated carbocycles. The van der Waals surface area contributed by atoms with Gasteiger partial charge in [0.05, 0.1) is 13.0 Å². The second-order valence-corrected chi connectivity index (χ2v) is 4.83. The Labute approximate surface area is 105 Å². The summed E-state index contributed by atoms with van der Waals surface area (Å²) in [5.74, 6) is 0.876. The van der Waals surface area contributed by atoms with Crippen molar-refractivity contribution in [3.8, 4) is 0 Å². The molecule has 0 aliphatic carbocycles. The predicted molar refractivity (Wildman–Crippen MR) is 69.0 cm³/mol.